The molecule has 0 spiro atoms. The van der Waals surface area contributed by atoms with Gasteiger partial charge in [0.15, 0.2) is 0 Å². The van der Waals surface area contributed by atoms with E-state index < -0.39 is 17.8 Å². The van der Waals surface area contributed by atoms with Crippen molar-refractivity contribution >= 4 is 40.8 Å². The zero-order valence-corrected chi connectivity index (χ0v) is 12.7. The molecule has 0 unspecified atom stereocenters. The number of carbonyl (C=O) groups is 3. The summed E-state index contributed by atoms with van der Waals surface area (Å²) in [6, 6.07) is 10.1. The molecule has 0 saturated carbocycles. The third kappa shape index (κ3) is 2.95. The summed E-state index contributed by atoms with van der Waals surface area (Å²) >= 11 is 7.13. The van der Waals surface area contributed by atoms with Gasteiger partial charge in [-0.3, -0.25) is 20.3 Å². The minimum atomic E-state index is -0.632. The molecule has 112 valence electrons. The molecule has 1 aromatic carbocycles. The first-order valence-electron chi connectivity index (χ1n) is 6.31. The maximum absolute atomic E-state index is 12.1. The van der Waals surface area contributed by atoms with Crippen molar-refractivity contribution in [3.8, 4) is 10.4 Å². The molecule has 2 aromatic rings. The number of thiophene rings is 1. The largest absolute Gasteiger partial charge is 0.343 e. The molecule has 1 saturated heterocycles. The summed E-state index contributed by atoms with van der Waals surface area (Å²) < 4.78 is 0. The third-order valence-corrected chi connectivity index (χ3v) is 4.37. The van der Waals surface area contributed by atoms with Crippen LogP contribution in [0.5, 0.6) is 0 Å². The molecule has 8 heteroatoms. The number of hydrogen-bond acceptors (Lipinski definition) is 4. The highest BCUT2D eigenvalue weighted by Crippen LogP contribution is 2.29. The fourth-order valence-corrected chi connectivity index (χ4v) is 2.97. The lowest BCUT2D eigenvalue weighted by molar-refractivity contribution is -0.118. The topological polar surface area (TPSA) is 78.5 Å². The molecular weight excluding hydrogens is 326 g/mol. The standard InChI is InChI=1S/C14H10ClN3O3S/c15-9-3-1-8(2-4-9)10-5-6-11(22-10)13(20)17-18-7-12(19)16-14(18)21/h1-6H,7H2,(H,17,20)(H,16,19,21). The number of carbonyl (C=O) groups excluding carboxylic acids is 3. The van der Waals surface area contributed by atoms with E-state index in [0.717, 1.165) is 15.4 Å². The van der Waals surface area contributed by atoms with Gasteiger partial charge in [-0.05, 0) is 29.8 Å². The molecule has 1 aliphatic rings. The maximum atomic E-state index is 12.1. The highest BCUT2D eigenvalue weighted by atomic mass is 35.5. The number of imide groups is 1. The first-order chi connectivity index (χ1) is 10.5. The minimum absolute atomic E-state index is 0.181. The van der Waals surface area contributed by atoms with E-state index in [4.69, 9.17) is 11.6 Å². The third-order valence-electron chi connectivity index (χ3n) is 2.99. The summed E-state index contributed by atoms with van der Waals surface area (Å²) in [5.41, 5.74) is 3.35. The molecule has 0 aliphatic carbocycles. The van der Waals surface area contributed by atoms with Gasteiger partial charge in [0.1, 0.15) is 6.54 Å². The Kier molecular flexibility index (Phi) is 3.82. The van der Waals surface area contributed by atoms with Crippen LogP contribution in [0.3, 0.4) is 0 Å². The molecule has 1 fully saturated rings. The second kappa shape index (κ2) is 5.78. The zero-order valence-electron chi connectivity index (χ0n) is 11.1. The maximum Gasteiger partial charge on any atom is 0.343 e. The molecule has 2 N–H and O–H groups in total. The van der Waals surface area contributed by atoms with E-state index in [0.29, 0.717) is 9.90 Å². The van der Waals surface area contributed by atoms with Crippen LogP contribution in [0, 0.1) is 0 Å². The van der Waals surface area contributed by atoms with Gasteiger partial charge in [0.25, 0.3) is 5.91 Å². The van der Waals surface area contributed by atoms with Crippen LogP contribution in [0.4, 0.5) is 4.79 Å². The molecule has 4 amide bonds. The fourth-order valence-electron chi connectivity index (χ4n) is 1.94. The van der Waals surface area contributed by atoms with Gasteiger partial charge in [-0.1, -0.05) is 23.7 Å². The second-order valence-corrected chi connectivity index (χ2v) is 6.07. The summed E-state index contributed by atoms with van der Waals surface area (Å²) in [4.78, 5) is 35.9. The lowest BCUT2D eigenvalue weighted by Gasteiger charge is -2.13. The van der Waals surface area contributed by atoms with Crippen LogP contribution in [0.25, 0.3) is 10.4 Å². The molecule has 0 bridgehead atoms. The summed E-state index contributed by atoms with van der Waals surface area (Å²) in [7, 11) is 0. The van der Waals surface area contributed by atoms with Crippen molar-refractivity contribution in [3.63, 3.8) is 0 Å². The number of nitrogens with one attached hydrogen (secondary N) is 2. The molecule has 1 aliphatic heterocycles. The van der Waals surface area contributed by atoms with Crippen LogP contribution < -0.4 is 10.7 Å². The van der Waals surface area contributed by atoms with Crippen molar-refractivity contribution in [2.24, 2.45) is 0 Å². The normalized spacial score (nSPS) is 14.1. The Morgan fingerprint density at radius 1 is 1.18 bits per heavy atom. The van der Waals surface area contributed by atoms with Crippen LogP contribution in [0.1, 0.15) is 9.67 Å². The Balaban J connectivity index is 1.73. The smallest absolute Gasteiger partial charge is 0.275 e. The Hall–Kier alpha value is -2.38. The summed E-state index contributed by atoms with van der Waals surface area (Å²) in [5.74, 6) is -0.881. The molecule has 0 radical (unpaired) electrons. The average molecular weight is 336 g/mol. The molecule has 2 heterocycles. The number of amides is 4. The molecule has 22 heavy (non-hydrogen) atoms. The number of nitrogens with zero attached hydrogens (tertiary/aromatic N) is 1. The Morgan fingerprint density at radius 3 is 2.55 bits per heavy atom. The Morgan fingerprint density at radius 2 is 1.91 bits per heavy atom. The van der Waals surface area contributed by atoms with Crippen molar-refractivity contribution in [1.82, 2.24) is 15.8 Å². The fraction of sp³-hybridized carbons (Fsp3) is 0.0714. The number of halogens is 1. The first kappa shape index (κ1) is 14.6. The van der Waals surface area contributed by atoms with E-state index in [1.807, 2.05) is 18.2 Å². The van der Waals surface area contributed by atoms with Crippen LogP contribution in [0.2, 0.25) is 5.02 Å². The monoisotopic (exact) mass is 335 g/mol. The van der Waals surface area contributed by atoms with E-state index in [9.17, 15) is 14.4 Å². The van der Waals surface area contributed by atoms with Gasteiger partial charge in [0.2, 0.25) is 5.91 Å². The van der Waals surface area contributed by atoms with Crippen molar-refractivity contribution < 1.29 is 14.4 Å². The number of urea groups is 1. The van der Waals surface area contributed by atoms with Gasteiger partial charge in [-0.25, -0.2) is 9.80 Å². The van der Waals surface area contributed by atoms with E-state index in [1.54, 1.807) is 18.2 Å². The van der Waals surface area contributed by atoms with Gasteiger partial charge >= 0.3 is 6.03 Å². The van der Waals surface area contributed by atoms with Crippen LogP contribution in [-0.2, 0) is 4.79 Å². The lowest BCUT2D eigenvalue weighted by Crippen LogP contribution is -2.43. The summed E-state index contributed by atoms with van der Waals surface area (Å²) in [5, 5.41) is 3.68. The quantitative estimate of drug-likeness (QED) is 0.844. The Bertz CT molecular complexity index is 757. The highest BCUT2D eigenvalue weighted by molar-refractivity contribution is 7.17. The van der Waals surface area contributed by atoms with E-state index in [1.165, 1.54) is 11.3 Å². The SMILES string of the molecule is O=C1CN(NC(=O)c2ccc(-c3ccc(Cl)cc3)s2)C(=O)N1. The molecule has 6 nitrogen and oxygen atoms in total. The van der Waals surface area contributed by atoms with Gasteiger partial charge in [0, 0.05) is 9.90 Å². The van der Waals surface area contributed by atoms with E-state index in [2.05, 4.69) is 10.7 Å². The van der Waals surface area contributed by atoms with Crippen LogP contribution >= 0.6 is 22.9 Å². The number of hydrazine groups is 1. The number of benzene rings is 1. The van der Waals surface area contributed by atoms with E-state index >= 15 is 0 Å². The summed E-state index contributed by atoms with van der Waals surface area (Å²) in [6.45, 7) is -0.181. The minimum Gasteiger partial charge on any atom is -0.275 e. The van der Waals surface area contributed by atoms with Gasteiger partial charge < -0.3 is 0 Å². The molecule has 3 rings (SSSR count). The number of hydrogen-bond donors (Lipinski definition) is 2. The van der Waals surface area contributed by atoms with Crippen LogP contribution in [-0.4, -0.2) is 29.4 Å². The van der Waals surface area contributed by atoms with Crippen molar-refractivity contribution in [3.05, 3.63) is 46.3 Å². The predicted octanol–water partition coefficient (Wildman–Crippen LogP) is 2.27. The van der Waals surface area contributed by atoms with Crippen molar-refractivity contribution in [2.45, 2.75) is 0 Å². The van der Waals surface area contributed by atoms with Crippen molar-refractivity contribution in [2.75, 3.05) is 6.54 Å². The first-order valence-corrected chi connectivity index (χ1v) is 7.50. The summed E-state index contributed by atoms with van der Waals surface area (Å²) in [6.07, 6.45) is 0. The number of rotatable bonds is 3. The molecular formula is C14H10ClN3O3S. The van der Waals surface area contributed by atoms with Crippen LogP contribution in [0.15, 0.2) is 36.4 Å². The van der Waals surface area contributed by atoms with E-state index in [-0.39, 0.29) is 6.54 Å². The molecule has 0 atom stereocenters. The van der Waals surface area contributed by atoms with Gasteiger partial charge in [0.05, 0.1) is 4.88 Å². The lowest BCUT2D eigenvalue weighted by atomic mass is 10.2. The highest BCUT2D eigenvalue weighted by Gasteiger charge is 2.28. The van der Waals surface area contributed by atoms with Crippen molar-refractivity contribution in [1.29, 1.82) is 0 Å². The zero-order chi connectivity index (χ0) is 15.7. The Labute approximate surface area is 134 Å². The molecule has 1 aromatic heterocycles. The predicted molar refractivity (Wildman–Crippen MR) is 82.5 cm³/mol. The van der Waals surface area contributed by atoms with Gasteiger partial charge in [-0.2, -0.15) is 0 Å². The van der Waals surface area contributed by atoms with Gasteiger partial charge in [-0.15, -0.1) is 11.3 Å². The second-order valence-electron chi connectivity index (χ2n) is 4.55. The average Bonchev–Trinajstić information content (AvgIpc) is 3.07.